The molecule has 1 N–H and O–H groups in total. The normalized spacial score (nSPS) is 11.3. The minimum Gasteiger partial charge on any atom is -0.471 e. The highest BCUT2D eigenvalue weighted by Crippen LogP contribution is 2.22. The summed E-state index contributed by atoms with van der Waals surface area (Å²) in [5.74, 6) is 0.256. The third-order valence-corrected chi connectivity index (χ3v) is 5.39. The van der Waals surface area contributed by atoms with Crippen LogP contribution in [0.4, 0.5) is 0 Å². The molecule has 0 aliphatic carbocycles. The van der Waals surface area contributed by atoms with Gasteiger partial charge in [0.05, 0.1) is 6.20 Å². The lowest BCUT2D eigenvalue weighted by Gasteiger charge is -2.32. The van der Waals surface area contributed by atoms with Gasteiger partial charge in [-0.2, -0.15) is 0 Å². The fourth-order valence-electron chi connectivity index (χ4n) is 3.30. The summed E-state index contributed by atoms with van der Waals surface area (Å²) in [6.07, 6.45) is 4.31. The summed E-state index contributed by atoms with van der Waals surface area (Å²) >= 11 is 6.05. The van der Waals surface area contributed by atoms with Crippen LogP contribution in [0.1, 0.15) is 24.5 Å². The van der Waals surface area contributed by atoms with Gasteiger partial charge < -0.3 is 19.6 Å². The van der Waals surface area contributed by atoms with Gasteiger partial charge in [-0.05, 0) is 56.3 Å². The molecule has 0 spiro atoms. The smallest absolute Gasteiger partial charge is 0.273 e. The van der Waals surface area contributed by atoms with E-state index in [2.05, 4.69) is 16.7 Å². The van der Waals surface area contributed by atoms with Gasteiger partial charge in [-0.3, -0.25) is 19.5 Å². The number of pyridine rings is 1. The molecule has 0 aliphatic heterocycles. The van der Waals surface area contributed by atoms with E-state index in [0.717, 1.165) is 11.1 Å². The summed E-state index contributed by atoms with van der Waals surface area (Å²) in [6, 6.07) is 9.05. The quantitative estimate of drug-likeness (QED) is 0.185. The lowest BCUT2D eigenvalue weighted by Crippen LogP contribution is -2.41. The Bertz CT molecular complexity index is 1030. The summed E-state index contributed by atoms with van der Waals surface area (Å²) in [5, 5.41) is 9.82. The highest BCUT2D eigenvalue weighted by atomic mass is 35.5. The van der Waals surface area contributed by atoms with E-state index in [1.54, 1.807) is 43.4 Å². The number of aromatic nitrogens is 1. The maximum Gasteiger partial charge on any atom is 0.273 e. The molecule has 0 fully saturated rings. The number of aliphatic hydroxyl groups is 1. The highest BCUT2D eigenvalue weighted by Gasteiger charge is 2.28. The van der Waals surface area contributed by atoms with E-state index in [4.69, 9.17) is 16.3 Å². The van der Waals surface area contributed by atoms with E-state index in [0.29, 0.717) is 30.1 Å². The first-order chi connectivity index (χ1) is 16.8. The summed E-state index contributed by atoms with van der Waals surface area (Å²) in [4.78, 5) is 38.2. The molecule has 1 aromatic heterocycles. The Morgan fingerprint density at radius 1 is 1.29 bits per heavy atom. The van der Waals surface area contributed by atoms with Crippen molar-refractivity contribution in [3.05, 3.63) is 70.4 Å². The van der Waals surface area contributed by atoms with Gasteiger partial charge in [0, 0.05) is 44.5 Å². The van der Waals surface area contributed by atoms with Crippen molar-refractivity contribution in [3.8, 4) is 5.75 Å². The fraction of sp³-hybridized carbons (Fsp3) is 0.360. The molecule has 0 unspecified atom stereocenters. The second kappa shape index (κ2) is 14.1. The Morgan fingerprint density at radius 3 is 2.57 bits per heavy atom. The van der Waals surface area contributed by atoms with Gasteiger partial charge in [0.2, 0.25) is 6.41 Å². The molecule has 2 rings (SSSR count). The van der Waals surface area contributed by atoms with Crippen LogP contribution in [0.2, 0.25) is 5.02 Å². The third kappa shape index (κ3) is 8.08. The SMILES string of the molecule is C=N/C(=C(/C(=O)N(C)CCCO)N(COc1cncc(C)c1)Cc1ccc(Cl)cc1)N(C=O)CC. The molecule has 2 aromatic rings. The van der Waals surface area contributed by atoms with E-state index in [-0.39, 0.29) is 43.9 Å². The Labute approximate surface area is 211 Å². The maximum atomic E-state index is 13.7. The number of likely N-dealkylation sites (N-methyl/N-ethyl adjacent to an activating group) is 1. The zero-order valence-corrected chi connectivity index (χ0v) is 21.1. The number of amides is 2. The van der Waals surface area contributed by atoms with Crippen molar-refractivity contribution in [2.45, 2.75) is 26.8 Å². The maximum absolute atomic E-state index is 13.7. The third-order valence-electron chi connectivity index (χ3n) is 5.14. The first kappa shape index (κ1) is 27.8. The second-order valence-corrected chi connectivity index (χ2v) is 8.26. The lowest BCUT2D eigenvalue weighted by atomic mass is 10.2. The number of nitrogens with zero attached hydrogens (tertiary/aromatic N) is 5. The molecule has 2 amide bonds. The molecular formula is C25H32ClN5O4. The molecule has 0 saturated carbocycles. The number of aliphatic imine (C=N–C) groups is 1. The molecule has 35 heavy (non-hydrogen) atoms. The number of halogens is 1. The van der Waals surface area contributed by atoms with Crippen LogP contribution in [0.25, 0.3) is 0 Å². The fourth-order valence-corrected chi connectivity index (χ4v) is 3.42. The average molecular weight is 502 g/mol. The predicted octanol–water partition coefficient (Wildman–Crippen LogP) is 3.07. The molecular weight excluding hydrogens is 470 g/mol. The molecule has 1 aromatic carbocycles. The Morgan fingerprint density at radius 2 is 2.00 bits per heavy atom. The van der Waals surface area contributed by atoms with Gasteiger partial charge in [0.15, 0.2) is 12.6 Å². The zero-order chi connectivity index (χ0) is 25.8. The molecule has 0 atom stereocenters. The minimum atomic E-state index is -0.388. The molecule has 0 bridgehead atoms. The number of benzene rings is 1. The van der Waals surface area contributed by atoms with E-state index in [9.17, 15) is 14.7 Å². The van der Waals surface area contributed by atoms with Crippen LogP contribution in [0.15, 0.2) is 59.2 Å². The van der Waals surface area contributed by atoms with Crippen LogP contribution >= 0.6 is 11.6 Å². The van der Waals surface area contributed by atoms with Crippen molar-refractivity contribution >= 4 is 30.6 Å². The molecule has 10 heteroatoms. The average Bonchev–Trinajstić information content (AvgIpc) is 2.86. The number of aliphatic hydroxyl groups excluding tert-OH is 1. The van der Waals surface area contributed by atoms with Gasteiger partial charge in [0.1, 0.15) is 11.4 Å². The van der Waals surface area contributed by atoms with Gasteiger partial charge in [-0.25, -0.2) is 4.99 Å². The monoisotopic (exact) mass is 501 g/mol. The van der Waals surface area contributed by atoms with Crippen molar-refractivity contribution < 1.29 is 19.4 Å². The number of ether oxygens (including phenoxy) is 1. The first-order valence-electron chi connectivity index (χ1n) is 11.2. The van der Waals surface area contributed by atoms with E-state index < -0.39 is 0 Å². The van der Waals surface area contributed by atoms with Crippen LogP contribution in [-0.4, -0.2) is 77.3 Å². The van der Waals surface area contributed by atoms with Gasteiger partial charge in [-0.15, -0.1) is 0 Å². The number of hydrogen-bond donors (Lipinski definition) is 1. The lowest BCUT2D eigenvalue weighted by molar-refractivity contribution is -0.128. The molecule has 0 saturated heterocycles. The van der Waals surface area contributed by atoms with Gasteiger partial charge >= 0.3 is 0 Å². The van der Waals surface area contributed by atoms with E-state index >= 15 is 0 Å². The van der Waals surface area contributed by atoms with E-state index in [1.807, 2.05) is 25.1 Å². The largest absolute Gasteiger partial charge is 0.471 e. The molecule has 1 heterocycles. The number of aryl methyl sites for hydroxylation is 1. The van der Waals surface area contributed by atoms with Gasteiger partial charge in [0.25, 0.3) is 5.91 Å². The van der Waals surface area contributed by atoms with Gasteiger partial charge in [-0.1, -0.05) is 23.7 Å². The summed E-state index contributed by atoms with van der Waals surface area (Å²) in [5.41, 5.74) is 1.93. The molecule has 188 valence electrons. The number of carbonyl (C=O) groups is 2. The molecule has 0 aliphatic rings. The molecule has 9 nitrogen and oxygen atoms in total. The minimum absolute atomic E-state index is 0.0297. The van der Waals surface area contributed by atoms with Crippen molar-refractivity contribution in [2.24, 2.45) is 4.99 Å². The van der Waals surface area contributed by atoms with Crippen molar-refractivity contribution in [1.29, 1.82) is 0 Å². The van der Waals surface area contributed by atoms with Crippen LogP contribution in [0.3, 0.4) is 0 Å². The highest BCUT2D eigenvalue weighted by molar-refractivity contribution is 6.30. The number of carbonyl (C=O) groups excluding carboxylic acids is 2. The summed E-state index contributed by atoms with van der Waals surface area (Å²) in [7, 11) is 1.63. The first-order valence-corrected chi connectivity index (χ1v) is 11.5. The standard InChI is InChI=1S/C25H32ClN5O4/c1-5-30(17-33)24(27-3)23(25(34)29(4)11-6-12-32)31(16-20-7-9-21(26)10-8-20)18-35-22-13-19(2)14-28-15-22/h7-10,13-15,17,32H,3,5-6,11-12,16,18H2,1-2,4H3/b24-23+. The topological polar surface area (TPSA) is 98.6 Å². The van der Waals surface area contributed by atoms with Crippen LogP contribution in [-0.2, 0) is 16.1 Å². The Balaban J connectivity index is 2.57. The summed E-state index contributed by atoms with van der Waals surface area (Å²) in [6.45, 7) is 8.07. The van der Waals surface area contributed by atoms with Crippen LogP contribution in [0.5, 0.6) is 5.75 Å². The molecule has 0 radical (unpaired) electrons. The van der Waals surface area contributed by atoms with Crippen molar-refractivity contribution in [2.75, 3.05) is 33.5 Å². The number of hydrogen-bond acceptors (Lipinski definition) is 7. The second-order valence-electron chi connectivity index (χ2n) is 7.82. The number of rotatable bonds is 14. The van der Waals surface area contributed by atoms with Crippen LogP contribution in [0, 0.1) is 6.92 Å². The van der Waals surface area contributed by atoms with E-state index in [1.165, 1.54) is 9.80 Å². The summed E-state index contributed by atoms with van der Waals surface area (Å²) < 4.78 is 6.00. The van der Waals surface area contributed by atoms with Crippen molar-refractivity contribution in [3.63, 3.8) is 0 Å². The predicted molar refractivity (Wildman–Crippen MR) is 136 cm³/mol. The Kier molecular flexibility index (Phi) is 11.2. The Hall–Kier alpha value is -3.43. The zero-order valence-electron chi connectivity index (χ0n) is 20.4. The van der Waals surface area contributed by atoms with Crippen LogP contribution < -0.4 is 4.74 Å². The van der Waals surface area contributed by atoms with Crippen molar-refractivity contribution in [1.82, 2.24) is 19.7 Å².